The van der Waals surface area contributed by atoms with Crippen molar-refractivity contribution in [3.05, 3.63) is 23.4 Å². The van der Waals surface area contributed by atoms with Gasteiger partial charge in [0.25, 0.3) is 5.91 Å². The fourth-order valence-corrected chi connectivity index (χ4v) is 2.80. The van der Waals surface area contributed by atoms with Gasteiger partial charge in [-0.25, -0.2) is 4.98 Å². The van der Waals surface area contributed by atoms with Gasteiger partial charge in [-0.05, 0) is 38.3 Å². The van der Waals surface area contributed by atoms with Gasteiger partial charge >= 0.3 is 0 Å². The minimum atomic E-state index is 0.0332. The maximum Gasteiger partial charge on any atom is 0.254 e. The molecule has 0 bridgehead atoms. The zero-order chi connectivity index (χ0) is 15.2. The Morgan fingerprint density at radius 2 is 2.29 bits per heavy atom. The summed E-state index contributed by atoms with van der Waals surface area (Å²) in [5, 5.41) is 0. The van der Waals surface area contributed by atoms with E-state index in [2.05, 4.69) is 11.9 Å². The number of pyridine rings is 1. The summed E-state index contributed by atoms with van der Waals surface area (Å²) in [5.74, 6) is 0.452. The van der Waals surface area contributed by atoms with E-state index in [-0.39, 0.29) is 12.0 Å². The van der Waals surface area contributed by atoms with Gasteiger partial charge in [0, 0.05) is 31.0 Å². The van der Waals surface area contributed by atoms with Gasteiger partial charge in [0.1, 0.15) is 5.82 Å². The first kappa shape index (κ1) is 15.8. The number of nitrogens with two attached hydrogens (primary N) is 1. The number of hydrogen-bond acceptors (Lipinski definition) is 4. The quantitative estimate of drug-likeness (QED) is 0.903. The van der Waals surface area contributed by atoms with Crippen LogP contribution in [0, 0.1) is 0 Å². The van der Waals surface area contributed by atoms with Gasteiger partial charge in [-0.3, -0.25) is 4.79 Å². The zero-order valence-electron chi connectivity index (χ0n) is 13.0. The lowest BCUT2D eigenvalue weighted by Crippen LogP contribution is -2.43. The van der Waals surface area contributed by atoms with Gasteiger partial charge in [0.05, 0.1) is 6.10 Å². The van der Waals surface area contributed by atoms with E-state index in [9.17, 15) is 4.79 Å². The number of anilines is 1. The van der Waals surface area contributed by atoms with Crippen LogP contribution < -0.4 is 5.73 Å². The minimum absolute atomic E-state index is 0.0332. The summed E-state index contributed by atoms with van der Waals surface area (Å²) in [5.41, 5.74) is 7.36. The van der Waals surface area contributed by atoms with Gasteiger partial charge in [-0.1, -0.05) is 13.3 Å². The third kappa shape index (κ3) is 4.17. The molecule has 1 amide bonds. The Morgan fingerprint density at radius 3 is 3.00 bits per heavy atom. The molecule has 1 saturated heterocycles. The molecule has 1 unspecified atom stereocenters. The fourth-order valence-electron chi connectivity index (χ4n) is 2.80. The van der Waals surface area contributed by atoms with Crippen LogP contribution in [0.5, 0.6) is 0 Å². The van der Waals surface area contributed by atoms with Crippen LogP contribution >= 0.6 is 0 Å². The molecular formula is C16H25N3O2. The van der Waals surface area contributed by atoms with Crippen molar-refractivity contribution in [3.63, 3.8) is 0 Å². The number of carbonyl (C=O) groups is 1. The number of nitrogens with zero attached hydrogens (tertiary/aromatic N) is 2. The molecule has 21 heavy (non-hydrogen) atoms. The Morgan fingerprint density at radius 1 is 1.48 bits per heavy atom. The Balaban J connectivity index is 2.11. The summed E-state index contributed by atoms with van der Waals surface area (Å²) in [6.07, 6.45) is 3.99. The van der Waals surface area contributed by atoms with E-state index in [0.717, 1.165) is 37.9 Å². The minimum Gasteiger partial charge on any atom is -0.384 e. The van der Waals surface area contributed by atoms with Crippen molar-refractivity contribution in [2.24, 2.45) is 0 Å². The van der Waals surface area contributed by atoms with Crippen LogP contribution in [0.3, 0.4) is 0 Å². The van der Waals surface area contributed by atoms with Gasteiger partial charge in [0.2, 0.25) is 0 Å². The molecule has 1 aromatic heterocycles. The predicted octanol–water partition coefficient (Wildman–Crippen LogP) is 2.26. The molecule has 1 aliphatic heterocycles. The van der Waals surface area contributed by atoms with Gasteiger partial charge in [-0.15, -0.1) is 0 Å². The number of rotatable bonds is 5. The summed E-state index contributed by atoms with van der Waals surface area (Å²) in [4.78, 5) is 18.8. The van der Waals surface area contributed by atoms with Gasteiger partial charge in [0.15, 0.2) is 0 Å². The smallest absolute Gasteiger partial charge is 0.254 e. The molecule has 0 aromatic carbocycles. The van der Waals surface area contributed by atoms with Gasteiger partial charge in [-0.2, -0.15) is 0 Å². The average Bonchev–Trinajstić information content (AvgIpc) is 2.47. The van der Waals surface area contributed by atoms with Crippen molar-refractivity contribution >= 4 is 11.7 Å². The van der Waals surface area contributed by atoms with E-state index in [0.29, 0.717) is 24.5 Å². The Labute approximate surface area is 126 Å². The summed E-state index contributed by atoms with van der Waals surface area (Å²) in [6, 6.07) is 3.54. The molecule has 116 valence electrons. The number of amides is 1. The lowest BCUT2D eigenvalue weighted by Gasteiger charge is -2.32. The molecule has 5 heteroatoms. The molecule has 2 rings (SSSR count). The monoisotopic (exact) mass is 291 g/mol. The van der Waals surface area contributed by atoms with Crippen molar-refractivity contribution in [1.29, 1.82) is 0 Å². The van der Waals surface area contributed by atoms with Crippen molar-refractivity contribution in [1.82, 2.24) is 9.88 Å². The van der Waals surface area contributed by atoms with E-state index in [4.69, 9.17) is 10.5 Å². The second-order valence-electron chi connectivity index (χ2n) is 5.49. The standard InChI is InChI=1S/C16H25N3O2/c1-3-6-13-9-12(10-15(17)18-13)16(20)19-8-5-7-14(11-19)21-4-2/h9-10,14H,3-8,11H2,1-2H3,(H2,17,18). The van der Waals surface area contributed by atoms with Crippen molar-refractivity contribution in [3.8, 4) is 0 Å². The van der Waals surface area contributed by atoms with E-state index >= 15 is 0 Å². The molecule has 1 aromatic rings. The second kappa shape index (κ2) is 7.41. The van der Waals surface area contributed by atoms with E-state index in [1.54, 1.807) is 6.07 Å². The average molecular weight is 291 g/mol. The summed E-state index contributed by atoms with van der Waals surface area (Å²) < 4.78 is 5.65. The van der Waals surface area contributed by atoms with Crippen molar-refractivity contribution < 1.29 is 9.53 Å². The predicted molar refractivity (Wildman–Crippen MR) is 83.2 cm³/mol. The number of piperidine rings is 1. The molecule has 5 nitrogen and oxygen atoms in total. The number of nitrogen functional groups attached to an aromatic ring is 1. The molecule has 1 aliphatic rings. The molecular weight excluding hydrogens is 266 g/mol. The van der Waals surface area contributed by atoms with E-state index < -0.39 is 0 Å². The highest BCUT2D eigenvalue weighted by Crippen LogP contribution is 2.18. The number of aromatic nitrogens is 1. The third-order valence-electron chi connectivity index (χ3n) is 3.72. The molecule has 2 heterocycles. The van der Waals surface area contributed by atoms with Crippen LogP contribution in [0.15, 0.2) is 12.1 Å². The van der Waals surface area contributed by atoms with Crippen LogP contribution in [0.2, 0.25) is 0 Å². The van der Waals surface area contributed by atoms with Crippen LogP contribution in [0.4, 0.5) is 5.82 Å². The maximum absolute atomic E-state index is 12.6. The highest BCUT2D eigenvalue weighted by molar-refractivity contribution is 5.95. The van der Waals surface area contributed by atoms with Crippen LogP contribution in [0.1, 0.15) is 49.2 Å². The highest BCUT2D eigenvalue weighted by atomic mass is 16.5. The van der Waals surface area contributed by atoms with Crippen LogP contribution in [-0.4, -0.2) is 41.6 Å². The summed E-state index contributed by atoms with van der Waals surface area (Å²) >= 11 is 0. The number of aryl methyl sites for hydroxylation is 1. The lowest BCUT2D eigenvalue weighted by atomic mass is 10.1. The fraction of sp³-hybridized carbons (Fsp3) is 0.625. The first-order valence-corrected chi connectivity index (χ1v) is 7.81. The van der Waals surface area contributed by atoms with E-state index in [1.807, 2.05) is 17.9 Å². The topological polar surface area (TPSA) is 68.5 Å². The molecule has 1 atom stereocenters. The molecule has 0 saturated carbocycles. The number of ether oxygens (including phenoxy) is 1. The Kier molecular flexibility index (Phi) is 5.56. The first-order valence-electron chi connectivity index (χ1n) is 7.81. The number of carbonyl (C=O) groups excluding carboxylic acids is 1. The summed E-state index contributed by atoms with van der Waals surface area (Å²) in [6.45, 7) is 6.21. The number of hydrogen-bond donors (Lipinski definition) is 1. The normalized spacial score (nSPS) is 18.8. The molecule has 0 spiro atoms. The zero-order valence-corrected chi connectivity index (χ0v) is 13.0. The Bertz CT molecular complexity index is 488. The van der Waals surface area contributed by atoms with Crippen LogP contribution in [0.25, 0.3) is 0 Å². The van der Waals surface area contributed by atoms with Crippen LogP contribution in [-0.2, 0) is 11.2 Å². The lowest BCUT2D eigenvalue weighted by molar-refractivity contribution is 0.00724. The first-order chi connectivity index (χ1) is 10.1. The second-order valence-corrected chi connectivity index (χ2v) is 5.49. The Hall–Kier alpha value is -1.62. The molecule has 1 fully saturated rings. The van der Waals surface area contributed by atoms with Gasteiger partial charge < -0.3 is 15.4 Å². The molecule has 0 aliphatic carbocycles. The van der Waals surface area contributed by atoms with Crippen molar-refractivity contribution in [2.75, 3.05) is 25.4 Å². The van der Waals surface area contributed by atoms with E-state index in [1.165, 1.54) is 0 Å². The highest BCUT2D eigenvalue weighted by Gasteiger charge is 2.25. The largest absolute Gasteiger partial charge is 0.384 e. The van der Waals surface area contributed by atoms with Crippen molar-refractivity contribution in [2.45, 2.75) is 45.6 Å². The summed E-state index contributed by atoms with van der Waals surface area (Å²) in [7, 11) is 0. The number of likely N-dealkylation sites (tertiary alicyclic amines) is 1. The molecule has 0 radical (unpaired) electrons. The third-order valence-corrected chi connectivity index (χ3v) is 3.72. The maximum atomic E-state index is 12.6. The SMILES string of the molecule is CCCc1cc(C(=O)N2CCCC(OCC)C2)cc(N)n1. The molecule has 2 N–H and O–H groups in total.